The molecule has 0 aromatic rings. The molecule has 0 N–H and O–H groups in total. The topological polar surface area (TPSA) is 0 Å². The summed E-state index contributed by atoms with van der Waals surface area (Å²) >= 11 is 2.55. The summed E-state index contributed by atoms with van der Waals surface area (Å²) in [5.74, 6) is 3.41. The predicted octanol–water partition coefficient (Wildman–Crippen LogP) is 2.86. The molecule has 9 heavy (non-hydrogen) atoms. The van der Waals surface area contributed by atoms with E-state index >= 15 is 0 Å². The van der Waals surface area contributed by atoms with Gasteiger partial charge in [-0.15, -0.1) is 0 Å². The predicted molar refractivity (Wildman–Crippen MR) is 47.8 cm³/mol. The minimum Gasteiger partial charge on any atom is -0.0861 e. The number of alkyl halides is 1. The number of hydrogen-bond acceptors (Lipinski definition) is 0. The Balaban J connectivity index is 2.01. The van der Waals surface area contributed by atoms with Crippen molar-refractivity contribution in [3.8, 4) is 0 Å². The average Bonchev–Trinajstić information content (AvgIpc) is 2.45. The molecular formula is C8H13I. The fourth-order valence-corrected chi connectivity index (χ4v) is 3.64. The number of fused-ring (bicyclic) bond motifs is 2. The van der Waals surface area contributed by atoms with E-state index in [1.807, 2.05) is 0 Å². The van der Waals surface area contributed by atoms with Crippen LogP contribution in [-0.4, -0.2) is 4.43 Å². The maximum absolute atomic E-state index is 2.55. The lowest BCUT2D eigenvalue weighted by atomic mass is 9.91. The maximum Gasteiger partial charge on any atom is 0.00264 e. The van der Waals surface area contributed by atoms with E-state index in [9.17, 15) is 0 Å². The van der Waals surface area contributed by atoms with Crippen molar-refractivity contribution >= 4 is 22.6 Å². The van der Waals surface area contributed by atoms with E-state index in [2.05, 4.69) is 22.6 Å². The number of rotatable bonds is 1. The zero-order valence-electron chi connectivity index (χ0n) is 5.65. The Bertz CT molecular complexity index is 111. The minimum absolute atomic E-state index is 1.12. The largest absolute Gasteiger partial charge is 0.0861 e. The SMILES string of the molecule is IC[C@@H]1C[C@H]2CC[C@H]1C2. The van der Waals surface area contributed by atoms with Gasteiger partial charge in [-0.25, -0.2) is 0 Å². The highest BCUT2D eigenvalue weighted by atomic mass is 127. The van der Waals surface area contributed by atoms with Crippen molar-refractivity contribution in [3.05, 3.63) is 0 Å². The van der Waals surface area contributed by atoms with Gasteiger partial charge in [0, 0.05) is 4.43 Å². The summed E-state index contributed by atoms with van der Waals surface area (Å²) in [7, 11) is 0. The molecule has 3 atom stereocenters. The summed E-state index contributed by atoms with van der Waals surface area (Å²) in [6.45, 7) is 0. The molecule has 2 rings (SSSR count). The molecule has 0 nitrogen and oxygen atoms in total. The van der Waals surface area contributed by atoms with Gasteiger partial charge < -0.3 is 0 Å². The first-order valence-electron chi connectivity index (χ1n) is 3.96. The van der Waals surface area contributed by atoms with Gasteiger partial charge in [-0.05, 0) is 37.0 Å². The first-order chi connectivity index (χ1) is 4.40. The minimum atomic E-state index is 1.12. The Kier molecular flexibility index (Phi) is 1.72. The third-order valence-electron chi connectivity index (χ3n) is 3.08. The van der Waals surface area contributed by atoms with Gasteiger partial charge in [0.2, 0.25) is 0 Å². The van der Waals surface area contributed by atoms with Crippen molar-refractivity contribution in [1.29, 1.82) is 0 Å². The lowest BCUT2D eigenvalue weighted by Gasteiger charge is -2.18. The van der Waals surface area contributed by atoms with Crippen LogP contribution in [0.25, 0.3) is 0 Å². The molecule has 52 valence electrons. The first kappa shape index (κ1) is 6.44. The Morgan fingerprint density at radius 1 is 1.22 bits per heavy atom. The zero-order chi connectivity index (χ0) is 6.27. The highest BCUT2D eigenvalue weighted by molar-refractivity contribution is 14.1. The van der Waals surface area contributed by atoms with Gasteiger partial charge in [-0.2, -0.15) is 0 Å². The maximum atomic E-state index is 2.55. The van der Waals surface area contributed by atoms with Crippen LogP contribution in [0.3, 0.4) is 0 Å². The summed E-state index contributed by atoms with van der Waals surface area (Å²) in [5.41, 5.74) is 0. The second kappa shape index (κ2) is 2.40. The van der Waals surface area contributed by atoms with Crippen LogP contribution < -0.4 is 0 Å². The molecule has 0 heterocycles. The van der Waals surface area contributed by atoms with Gasteiger partial charge in [0.15, 0.2) is 0 Å². The summed E-state index contributed by atoms with van der Waals surface area (Å²) in [6, 6.07) is 0. The first-order valence-corrected chi connectivity index (χ1v) is 5.48. The van der Waals surface area contributed by atoms with Crippen molar-refractivity contribution < 1.29 is 0 Å². The molecule has 1 heteroatoms. The second-order valence-corrected chi connectivity index (χ2v) is 4.47. The molecule has 0 aliphatic heterocycles. The lowest BCUT2D eigenvalue weighted by Crippen LogP contribution is -2.10. The van der Waals surface area contributed by atoms with Gasteiger partial charge in [0.25, 0.3) is 0 Å². The van der Waals surface area contributed by atoms with Crippen LogP contribution in [0.2, 0.25) is 0 Å². The van der Waals surface area contributed by atoms with Gasteiger partial charge >= 0.3 is 0 Å². The molecule has 0 spiro atoms. The van der Waals surface area contributed by atoms with Crippen LogP contribution >= 0.6 is 22.6 Å². The van der Waals surface area contributed by atoms with Gasteiger partial charge in [0.1, 0.15) is 0 Å². The van der Waals surface area contributed by atoms with Crippen molar-refractivity contribution in [2.75, 3.05) is 4.43 Å². The number of halogens is 1. The molecular weight excluding hydrogens is 223 g/mol. The Morgan fingerprint density at radius 2 is 2.11 bits per heavy atom. The highest BCUT2D eigenvalue weighted by Gasteiger charge is 2.38. The van der Waals surface area contributed by atoms with Crippen molar-refractivity contribution in [2.24, 2.45) is 17.8 Å². The van der Waals surface area contributed by atoms with E-state index in [0.29, 0.717) is 0 Å². The fourth-order valence-electron chi connectivity index (χ4n) is 2.57. The van der Waals surface area contributed by atoms with Gasteiger partial charge in [-0.3, -0.25) is 0 Å². The molecule has 0 radical (unpaired) electrons. The molecule has 0 unspecified atom stereocenters. The molecule has 0 saturated heterocycles. The molecule has 0 amide bonds. The van der Waals surface area contributed by atoms with E-state index in [1.54, 1.807) is 25.7 Å². The van der Waals surface area contributed by atoms with E-state index in [-0.39, 0.29) is 0 Å². The van der Waals surface area contributed by atoms with E-state index in [1.165, 1.54) is 4.43 Å². The van der Waals surface area contributed by atoms with Crippen LogP contribution in [0.5, 0.6) is 0 Å². The van der Waals surface area contributed by atoms with Gasteiger partial charge in [0.05, 0.1) is 0 Å². The van der Waals surface area contributed by atoms with E-state index < -0.39 is 0 Å². The van der Waals surface area contributed by atoms with Crippen LogP contribution in [0, 0.1) is 17.8 Å². The zero-order valence-corrected chi connectivity index (χ0v) is 7.80. The third-order valence-corrected chi connectivity index (χ3v) is 4.21. The fraction of sp³-hybridized carbons (Fsp3) is 1.00. The van der Waals surface area contributed by atoms with Gasteiger partial charge in [-0.1, -0.05) is 29.0 Å². The molecule has 2 aliphatic rings. The second-order valence-electron chi connectivity index (χ2n) is 3.59. The monoisotopic (exact) mass is 236 g/mol. The van der Waals surface area contributed by atoms with Crippen molar-refractivity contribution in [1.82, 2.24) is 0 Å². The van der Waals surface area contributed by atoms with E-state index in [4.69, 9.17) is 0 Å². The quantitative estimate of drug-likeness (QED) is 0.485. The van der Waals surface area contributed by atoms with Crippen LogP contribution in [0.15, 0.2) is 0 Å². The highest BCUT2D eigenvalue weighted by Crippen LogP contribution is 2.48. The summed E-state index contributed by atoms with van der Waals surface area (Å²) in [4.78, 5) is 0. The third kappa shape index (κ3) is 1.02. The van der Waals surface area contributed by atoms with Crippen LogP contribution in [0.1, 0.15) is 25.7 Å². The van der Waals surface area contributed by atoms with E-state index in [0.717, 1.165) is 17.8 Å². The molecule has 0 aromatic carbocycles. The normalized spacial score (nSPS) is 48.3. The van der Waals surface area contributed by atoms with Crippen LogP contribution in [-0.2, 0) is 0 Å². The molecule has 2 fully saturated rings. The Labute approximate surface area is 70.5 Å². The lowest BCUT2D eigenvalue weighted by molar-refractivity contribution is 0.369. The standard InChI is InChI=1S/C8H13I/c9-5-8-4-6-1-2-7(8)3-6/h6-8H,1-5H2/t6-,7-,8-/m0/s1. The summed E-state index contributed by atoms with van der Waals surface area (Å²) < 4.78 is 1.42. The average molecular weight is 236 g/mol. The summed E-state index contributed by atoms with van der Waals surface area (Å²) in [6.07, 6.45) is 6.25. The van der Waals surface area contributed by atoms with Crippen molar-refractivity contribution in [2.45, 2.75) is 25.7 Å². The molecule has 2 aliphatic carbocycles. The smallest absolute Gasteiger partial charge is 0.00264 e. The van der Waals surface area contributed by atoms with Crippen molar-refractivity contribution in [3.63, 3.8) is 0 Å². The molecule has 2 bridgehead atoms. The Hall–Kier alpha value is 0.730. The Morgan fingerprint density at radius 3 is 2.44 bits per heavy atom. The molecule has 2 saturated carbocycles. The summed E-state index contributed by atoms with van der Waals surface area (Å²) in [5, 5.41) is 0. The molecule has 0 aromatic heterocycles. The van der Waals surface area contributed by atoms with Crippen LogP contribution in [0.4, 0.5) is 0 Å². The number of hydrogen-bond donors (Lipinski definition) is 0.